The van der Waals surface area contributed by atoms with E-state index in [0.29, 0.717) is 5.95 Å². The standard InChI is InChI=1S/C48H28N4/c1-2-12-29(13-3-1)30-22-24-32(25-23-30)44-37-27-26-31-14-4-5-15-33(31)45(37)50-48(49-44)52-41-20-10-7-17-35(41)39-28-38-34-16-6-9-19-40(34)51-42-21-11-8-18-36(42)43(46(38)51)47(39)52/h1-28H. The molecule has 8 aromatic carbocycles. The lowest BCUT2D eigenvalue weighted by atomic mass is 9.99. The molecule has 0 unspecified atom stereocenters. The molecule has 12 aromatic rings. The number of aromatic nitrogens is 4. The maximum atomic E-state index is 5.54. The van der Waals surface area contributed by atoms with Gasteiger partial charge in [0.05, 0.1) is 38.8 Å². The van der Waals surface area contributed by atoms with Crippen LogP contribution in [0, 0.1) is 0 Å². The largest absolute Gasteiger partial charge is 0.308 e. The molecule has 0 fully saturated rings. The van der Waals surface area contributed by atoms with Crippen LogP contribution < -0.4 is 0 Å². The molecular weight excluding hydrogens is 633 g/mol. The molecule has 4 nitrogen and oxygen atoms in total. The monoisotopic (exact) mass is 660 g/mol. The maximum Gasteiger partial charge on any atom is 0.235 e. The van der Waals surface area contributed by atoms with Gasteiger partial charge in [-0.1, -0.05) is 140 Å². The van der Waals surface area contributed by atoms with Crippen LogP contribution in [0.25, 0.3) is 110 Å². The predicted molar refractivity (Wildman–Crippen MR) is 217 cm³/mol. The van der Waals surface area contributed by atoms with E-state index in [-0.39, 0.29) is 0 Å². The highest BCUT2D eigenvalue weighted by molar-refractivity contribution is 6.34. The molecule has 0 N–H and O–H groups in total. The second-order valence-corrected chi connectivity index (χ2v) is 13.8. The Morgan fingerprint density at radius 3 is 1.73 bits per heavy atom. The number of benzene rings is 8. The summed E-state index contributed by atoms with van der Waals surface area (Å²) < 4.78 is 4.78. The highest BCUT2D eigenvalue weighted by Gasteiger charge is 2.25. The smallest absolute Gasteiger partial charge is 0.235 e. The molecule has 0 saturated carbocycles. The zero-order valence-corrected chi connectivity index (χ0v) is 28.0. The van der Waals surface area contributed by atoms with Gasteiger partial charge in [-0.3, -0.25) is 4.57 Å². The maximum absolute atomic E-state index is 5.54. The van der Waals surface area contributed by atoms with Crippen molar-refractivity contribution in [1.82, 2.24) is 18.9 Å². The van der Waals surface area contributed by atoms with Gasteiger partial charge in [0.25, 0.3) is 0 Å². The first-order chi connectivity index (χ1) is 25.8. The zero-order chi connectivity index (χ0) is 33.9. The van der Waals surface area contributed by atoms with Gasteiger partial charge in [0, 0.05) is 48.7 Å². The van der Waals surface area contributed by atoms with E-state index in [0.717, 1.165) is 44.0 Å². The van der Waals surface area contributed by atoms with Gasteiger partial charge in [-0.15, -0.1) is 0 Å². The van der Waals surface area contributed by atoms with Crippen LogP contribution in [-0.2, 0) is 0 Å². The summed E-state index contributed by atoms with van der Waals surface area (Å²) >= 11 is 0. The second kappa shape index (κ2) is 10.3. The Kier molecular flexibility index (Phi) is 5.47. The van der Waals surface area contributed by atoms with Crippen LogP contribution in [-0.4, -0.2) is 18.9 Å². The molecule has 0 aliphatic rings. The SMILES string of the molecule is c1ccc(-c2ccc(-c3nc(-n4c5ccccc5c5cc6c7ccccc7n7c8ccccc8c(c54)c67)nc4c3ccc3ccccc34)cc2)cc1. The highest BCUT2D eigenvalue weighted by atomic mass is 15.2. The van der Waals surface area contributed by atoms with E-state index < -0.39 is 0 Å². The molecule has 0 bridgehead atoms. The molecule has 0 spiro atoms. The van der Waals surface area contributed by atoms with Crippen LogP contribution in [0.1, 0.15) is 0 Å². The minimum absolute atomic E-state index is 0.667. The predicted octanol–water partition coefficient (Wildman–Crippen LogP) is 12.4. The number of para-hydroxylation sites is 3. The van der Waals surface area contributed by atoms with Crippen molar-refractivity contribution in [3.63, 3.8) is 0 Å². The van der Waals surface area contributed by atoms with E-state index in [1.807, 2.05) is 0 Å². The van der Waals surface area contributed by atoms with Crippen LogP contribution >= 0.6 is 0 Å². The first-order valence-electron chi connectivity index (χ1n) is 17.8. The average molecular weight is 661 g/mol. The molecule has 0 aliphatic carbocycles. The summed E-state index contributed by atoms with van der Waals surface area (Å²) in [7, 11) is 0. The van der Waals surface area contributed by atoms with Crippen LogP contribution in [0.5, 0.6) is 0 Å². The fourth-order valence-electron chi connectivity index (χ4n) is 8.79. The molecule has 0 saturated heterocycles. The van der Waals surface area contributed by atoms with E-state index in [1.54, 1.807) is 0 Å². The summed E-state index contributed by atoms with van der Waals surface area (Å²) in [5.41, 5.74) is 11.2. The third-order valence-corrected chi connectivity index (χ3v) is 11.0. The second-order valence-electron chi connectivity index (χ2n) is 13.8. The summed E-state index contributed by atoms with van der Waals surface area (Å²) in [6, 6.07) is 61.0. The Bertz CT molecular complexity index is 3390. The summed E-state index contributed by atoms with van der Waals surface area (Å²) in [5, 5.41) is 10.7. The third-order valence-electron chi connectivity index (χ3n) is 11.0. The number of hydrogen-bond acceptors (Lipinski definition) is 2. The molecule has 4 aromatic heterocycles. The van der Waals surface area contributed by atoms with Crippen molar-refractivity contribution in [2.24, 2.45) is 0 Å². The first-order valence-corrected chi connectivity index (χ1v) is 17.8. The van der Waals surface area contributed by atoms with Crippen LogP contribution in [0.2, 0.25) is 0 Å². The van der Waals surface area contributed by atoms with Gasteiger partial charge in [-0.25, -0.2) is 9.97 Å². The first kappa shape index (κ1) is 27.7. The van der Waals surface area contributed by atoms with E-state index >= 15 is 0 Å². The number of nitrogens with zero attached hydrogens (tertiary/aromatic N) is 4. The van der Waals surface area contributed by atoms with Crippen molar-refractivity contribution >= 4 is 81.6 Å². The van der Waals surface area contributed by atoms with Gasteiger partial charge >= 0.3 is 0 Å². The van der Waals surface area contributed by atoms with Crippen LogP contribution in [0.15, 0.2) is 170 Å². The molecule has 4 heterocycles. The Labute approximate surface area is 297 Å². The van der Waals surface area contributed by atoms with E-state index in [4.69, 9.17) is 9.97 Å². The van der Waals surface area contributed by atoms with Crippen molar-refractivity contribution in [3.05, 3.63) is 170 Å². The number of fused-ring (bicyclic) bond motifs is 13. The van der Waals surface area contributed by atoms with Crippen LogP contribution in [0.3, 0.4) is 0 Å². The third kappa shape index (κ3) is 3.65. The summed E-state index contributed by atoms with van der Waals surface area (Å²) in [6.07, 6.45) is 0. The quantitative estimate of drug-likeness (QED) is 0.177. The van der Waals surface area contributed by atoms with E-state index in [9.17, 15) is 0 Å². The molecule has 0 atom stereocenters. The summed E-state index contributed by atoms with van der Waals surface area (Å²) in [5.74, 6) is 0.667. The molecule has 0 amide bonds. The summed E-state index contributed by atoms with van der Waals surface area (Å²) in [6.45, 7) is 0. The number of hydrogen-bond donors (Lipinski definition) is 0. The van der Waals surface area contributed by atoms with Crippen molar-refractivity contribution in [2.75, 3.05) is 0 Å². The minimum atomic E-state index is 0.667. The van der Waals surface area contributed by atoms with Gasteiger partial charge in [0.15, 0.2) is 0 Å². The topological polar surface area (TPSA) is 35.1 Å². The minimum Gasteiger partial charge on any atom is -0.308 e. The molecule has 4 heteroatoms. The fourth-order valence-corrected chi connectivity index (χ4v) is 8.79. The van der Waals surface area contributed by atoms with Gasteiger partial charge in [-0.2, -0.15) is 0 Å². The highest BCUT2D eigenvalue weighted by Crippen LogP contribution is 2.46. The average Bonchev–Trinajstić information content (AvgIpc) is 3.85. The van der Waals surface area contributed by atoms with E-state index in [2.05, 4.69) is 179 Å². The zero-order valence-electron chi connectivity index (χ0n) is 28.0. The van der Waals surface area contributed by atoms with Crippen molar-refractivity contribution < 1.29 is 0 Å². The molecular formula is C48H28N4. The Morgan fingerprint density at radius 1 is 0.365 bits per heavy atom. The number of rotatable bonds is 3. The fraction of sp³-hybridized carbons (Fsp3) is 0. The van der Waals surface area contributed by atoms with Crippen molar-refractivity contribution in [3.8, 4) is 28.3 Å². The normalized spacial score (nSPS) is 12.2. The lowest BCUT2D eigenvalue weighted by molar-refractivity contribution is 1.02. The Hall–Kier alpha value is -7.04. The van der Waals surface area contributed by atoms with Crippen molar-refractivity contribution in [1.29, 1.82) is 0 Å². The van der Waals surface area contributed by atoms with E-state index in [1.165, 1.54) is 60.0 Å². The van der Waals surface area contributed by atoms with Gasteiger partial charge < -0.3 is 4.40 Å². The van der Waals surface area contributed by atoms with Crippen molar-refractivity contribution in [2.45, 2.75) is 0 Å². The molecule has 0 radical (unpaired) electrons. The van der Waals surface area contributed by atoms with Gasteiger partial charge in [-0.05, 0) is 46.8 Å². The van der Waals surface area contributed by atoms with Gasteiger partial charge in [0.1, 0.15) is 0 Å². The lowest BCUT2D eigenvalue weighted by Crippen LogP contribution is -2.04. The molecule has 240 valence electrons. The Morgan fingerprint density at radius 2 is 0.942 bits per heavy atom. The van der Waals surface area contributed by atoms with Crippen LogP contribution in [0.4, 0.5) is 0 Å². The van der Waals surface area contributed by atoms with Gasteiger partial charge in [0.2, 0.25) is 5.95 Å². The molecule has 12 rings (SSSR count). The molecule has 52 heavy (non-hydrogen) atoms. The summed E-state index contributed by atoms with van der Waals surface area (Å²) in [4.78, 5) is 11.1. The lowest BCUT2D eigenvalue weighted by Gasteiger charge is -2.14. The molecule has 0 aliphatic heterocycles. The Balaban J connectivity index is 1.25.